The zero-order valence-corrected chi connectivity index (χ0v) is 28.6. The first-order valence-corrected chi connectivity index (χ1v) is 16.5. The molecule has 2 aromatic carbocycles. The van der Waals surface area contributed by atoms with E-state index in [1.54, 1.807) is 66.9 Å². The maximum Gasteiger partial charge on any atom is 1.00 e. The van der Waals surface area contributed by atoms with Gasteiger partial charge in [0.05, 0.1) is 33.4 Å². The molecule has 0 spiro atoms. The van der Waals surface area contributed by atoms with Gasteiger partial charge in [0.1, 0.15) is 0 Å². The largest absolute Gasteiger partial charge is 1.00 e. The number of aromatic nitrogens is 2. The van der Waals surface area contributed by atoms with E-state index in [4.69, 9.17) is 5.26 Å². The summed E-state index contributed by atoms with van der Waals surface area (Å²) in [5, 5.41) is 18.3. The molecule has 12 heteroatoms. The van der Waals surface area contributed by atoms with Crippen LogP contribution in [0.5, 0.6) is 0 Å². The Morgan fingerprint density at radius 2 is 1.29 bits per heavy atom. The standard InChI is InChI=1S/C16H16N2O2S.C16H14N2O2S.CH4.B.Na.H/c2*1-12-5-7-14(8-6-12)21(19,20)18-10-9-15-13(11-17)3-2-4-16(15)18;;;;/h5-10,13H,2-4H2,1H3;3,5-10H,2,4H2,1H3;1H4;;;/q;;;;+1;-1. The Morgan fingerprint density at radius 1 is 0.778 bits per heavy atom. The van der Waals surface area contributed by atoms with Crippen LogP contribution >= 0.6 is 0 Å². The normalized spacial score (nSPS) is 15.0. The zero-order chi connectivity index (χ0) is 30.1. The predicted molar refractivity (Wildman–Crippen MR) is 173 cm³/mol. The molecule has 0 saturated carbocycles. The van der Waals surface area contributed by atoms with Gasteiger partial charge in [-0.1, -0.05) is 48.9 Å². The fourth-order valence-electron chi connectivity index (χ4n) is 5.40. The number of fused-ring (bicyclic) bond motifs is 2. The molecule has 8 nitrogen and oxygen atoms in total. The Bertz CT molecular complexity index is 1990. The van der Waals surface area contributed by atoms with Crippen molar-refractivity contribution in [3.63, 3.8) is 0 Å². The van der Waals surface area contributed by atoms with Crippen LogP contribution in [0.15, 0.2) is 88.9 Å². The third-order valence-electron chi connectivity index (χ3n) is 7.68. The molecule has 3 radical (unpaired) electrons. The van der Waals surface area contributed by atoms with E-state index in [-0.39, 0.29) is 62.5 Å². The third-order valence-corrected chi connectivity index (χ3v) is 11.1. The Balaban J connectivity index is 0.000000423. The number of nitriles is 2. The number of aryl methyl sites for hydroxylation is 2. The van der Waals surface area contributed by atoms with Gasteiger partial charge in [-0.3, -0.25) is 0 Å². The first-order chi connectivity index (χ1) is 20.1. The van der Waals surface area contributed by atoms with Crippen molar-refractivity contribution < 1.29 is 47.8 Å². The van der Waals surface area contributed by atoms with Crippen molar-refractivity contribution >= 4 is 34.0 Å². The van der Waals surface area contributed by atoms with Crippen LogP contribution in [0.4, 0.5) is 0 Å². The summed E-state index contributed by atoms with van der Waals surface area (Å²) in [5.74, 6) is -0.191. The van der Waals surface area contributed by atoms with Crippen molar-refractivity contribution in [1.29, 1.82) is 10.5 Å². The average molecular weight is 650 g/mol. The van der Waals surface area contributed by atoms with Crippen molar-refractivity contribution in [1.82, 2.24) is 7.94 Å². The fourth-order valence-corrected chi connectivity index (χ4v) is 8.22. The van der Waals surface area contributed by atoms with Crippen LogP contribution in [0.3, 0.4) is 0 Å². The molecule has 227 valence electrons. The fraction of sp³-hybridized carbons (Fsp3) is 0.273. The summed E-state index contributed by atoms with van der Waals surface area (Å²) in [4.78, 5) is 0.546. The molecule has 0 saturated heterocycles. The number of allylic oxidation sites excluding steroid dienone is 2. The first-order valence-electron chi connectivity index (χ1n) is 13.6. The van der Waals surface area contributed by atoms with Crippen LogP contribution in [0.25, 0.3) is 5.57 Å². The van der Waals surface area contributed by atoms with Crippen LogP contribution in [-0.2, 0) is 32.9 Å². The molecule has 0 aliphatic heterocycles. The first kappa shape index (κ1) is 37.9. The minimum Gasteiger partial charge on any atom is -1.00 e. The molecule has 45 heavy (non-hydrogen) atoms. The number of nitrogens with zero attached hydrogens (tertiary/aromatic N) is 4. The van der Waals surface area contributed by atoms with Crippen LogP contribution in [0, 0.1) is 36.5 Å². The van der Waals surface area contributed by atoms with Crippen LogP contribution in [0.2, 0.25) is 0 Å². The molecule has 4 aromatic rings. The number of hydrogen-bond donors (Lipinski definition) is 0. The second-order valence-electron chi connectivity index (χ2n) is 10.5. The van der Waals surface area contributed by atoms with Crippen LogP contribution in [0.1, 0.15) is 67.7 Å². The Hall–Kier alpha value is -3.32. The molecular weight excluding hydrogens is 614 g/mol. The van der Waals surface area contributed by atoms with Crippen molar-refractivity contribution in [2.75, 3.05) is 0 Å². The summed E-state index contributed by atoms with van der Waals surface area (Å²) in [7, 11) is -7.18. The van der Waals surface area contributed by atoms with Crippen molar-refractivity contribution in [2.45, 2.75) is 69.1 Å². The number of rotatable bonds is 4. The quantitative estimate of drug-likeness (QED) is 0.313. The van der Waals surface area contributed by atoms with Gasteiger partial charge in [0.2, 0.25) is 0 Å². The van der Waals surface area contributed by atoms with Gasteiger partial charge in [0.15, 0.2) is 0 Å². The summed E-state index contributed by atoms with van der Waals surface area (Å²) in [5.41, 5.74) is 5.61. The second-order valence-corrected chi connectivity index (χ2v) is 14.1. The predicted octanol–water partition coefficient (Wildman–Crippen LogP) is 3.24. The molecule has 0 amide bonds. The van der Waals surface area contributed by atoms with E-state index >= 15 is 0 Å². The van der Waals surface area contributed by atoms with Gasteiger partial charge in [0.25, 0.3) is 20.0 Å². The van der Waals surface area contributed by atoms with Crippen molar-refractivity contribution in [3.05, 3.63) is 113 Å². The van der Waals surface area contributed by atoms with Crippen molar-refractivity contribution in [3.8, 4) is 12.1 Å². The maximum absolute atomic E-state index is 12.8. The maximum atomic E-state index is 12.8. The van der Waals surface area contributed by atoms with Gasteiger partial charge in [-0.05, 0) is 87.9 Å². The molecule has 6 rings (SSSR count). The molecular formula is C33H35BN4NaO4S2. The van der Waals surface area contributed by atoms with Gasteiger partial charge < -0.3 is 1.43 Å². The smallest absolute Gasteiger partial charge is 1.00 e. The monoisotopic (exact) mass is 649 g/mol. The second kappa shape index (κ2) is 15.3. The van der Waals surface area contributed by atoms with Crippen LogP contribution < -0.4 is 29.6 Å². The molecule has 2 aromatic heterocycles. The van der Waals surface area contributed by atoms with Gasteiger partial charge in [0, 0.05) is 37.8 Å². The van der Waals surface area contributed by atoms with E-state index in [2.05, 4.69) is 12.1 Å². The minimum absolute atomic E-state index is 0. The third kappa shape index (κ3) is 7.40. The molecule has 2 heterocycles. The zero-order valence-electron chi connectivity index (χ0n) is 25.9. The number of hydrogen-bond acceptors (Lipinski definition) is 6. The van der Waals surface area contributed by atoms with E-state index < -0.39 is 20.0 Å². The summed E-state index contributed by atoms with van der Waals surface area (Å²) in [6.07, 6.45) is 8.63. The van der Waals surface area contributed by atoms with Gasteiger partial charge in [-0.2, -0.15) is 10.5 Å². The van der Waals surface area contributed by atoms with Crippen LogP contribution in [-0.4, -0.2) is 33.2 Å². The Kier molecular flexibility index (Phi) is 12.9. The molecule has 1 unspecified atom stereocenters. The molecule has 0 fully saturated rings. The summed E-state index contributed by atoms with van der Waals surface area (Å²) >= 11 is 0. The molecule has 0 bridgehead atoms. The SMILES string of the molecule is C.Cc1ccc(S(=O)(=O)n2ccc3c2CCC=C3C#N)cc1.Cc1ccc(S(=O)(=O)n2ccc3c2CCCC3C#N)cc1.[B].[H-].[Na+]. The van der Waals surface area contributed by atoms with E-state index in [1.165, 1.54) is 14.1 Å². The molecule has 2 aliphatic carbocycles. The van der Waals surface area contributed by atoms with E-state index in [1.807, 2.05) is 19.9 Å². The summed E-state index contributed by atoms with van der Waals surface area (Å²) in [6.45, 7) is 3.84. The van der Waals surface area contributed by atoms with E-state index in [0.717, 1.165) is 40.8 Å². The summed E-state index contributed by atoms with van der Waals surface area (Å²) in [6, 6.07) is 21.5. The van der Waals surface area contributed by atoms with Gasteiger partial charge >= 0.3 is 29.6 Å². The number of benzene rings is 2. The van der Waals surface area contributed by atoms with Gasteiger partial charge in [-0.15, -0.1) is 0 Å². The van der Waals surface area contributed by atoms with Crippen molar-refractivity contribution in [2.24, 2.45) is 0 Å². The Morgan fingerprint density at radius 3 is 1.80 bits per heavy atom. The Labute approximate surface area is 292 Å². The molecule has 0 N–H and O–H groups in total. The topological polar surface area (TPSA) is 126 Å². The molecule has 2 aliphatic rings. The van der Waals surface area contributed by atoms with E-state index in [0.29, 0.717) is 30.5 Å². The van der Waals surface area contributed by atoms with E-state index in [9.17, 15) is 22.1 Å². The average Bonchev–Trinajstić information content (AvgIpc) is 3.63. The minimum atomic E-state index is -3.61. The molecule has 1 atom stereocenters. The summed E-state index contributed by atoms with van der Waals surface area (Å²) < 4.78 is 53.6. The van der Waals surface area contributed by atoms with Gasteiger partial charge in [-0.25, -0.2) is 24.8 Å².